The third-order valence-corrected chi connectivity index (χ3v) is 5.33. The molecule has 146 valence electrons. The van der Waals surface area contributed by atoms with Crippen LogP contribution in [0.1, 0.15) is 50.7 Å². The zero-order valence-corrected chi connectivity index (χ0v) is 17.5. The van der Waals surface area contributed by atoms with Crippen LogP contribution in [0.15, 0.2) is 53.7 Å². The molecule has 1 amide bonds. The van der Waals surface area contributed by atoms with Crippen LogP contribution in [0.3, 0.4) is 0 Å². The molecular weight excluding hydrogens is 368 g/mol. The predicted molar refractivity (Wildman–Crippen MR) is 116 cm³/mol. The van der Waals surface area contributed by atoms with E-state index in [0.29, 0.717) is 22.8 Å². The number of benzene rings is 2. The van der Waals surface area contributed by atoms with Crippen molar-refractivity contribution in [2.45, 2.75) is 44.7 Å². The van der Waals surface area contributed by atoms with Gasteiger partial charge < -0.3 is 5.32 Å². The standard InChI is InChI=1S/C22H26N4OS/c1-14(2)17-11-8-12-18(15(3)4)20(17)23-19(27)13-28-22-24-21(25-26-22)16-9-6-5-7-10-16/h5-12,14-15H,13H2,1-4H3,(H,23,27)(H,24,25,26). The lowest BCUT2D eigenvalue weighted by Crippen LogP contribution is -2.17. The van der Waals surface area contributed by atoms with Gasteiger partial charge in [0.2, 0.25) is 11.1 Å². The van der Waals surface area contributed by atoms with Gasteiger partial charge in [0.05, 0.1) is 5.75 Å². The number of amides is 1. The number of aromatic amines is 1. The third-order valence-electron chi connectivity index (χ3n) is 4.48. The van der Waals surface area contributed by atoms with Gasteiger partial charge in [-0.25, -0.2) is 4.98 Å². The van der Waals surface area contributed by atoms with Gasteiger partial charge in [0.25, 0.3) is 0 Å². The molecule has 0 fully saturated rings. The second-order valence-electron chi connectivity index (χ2n) is 7.29. The first kappa shape index (κ1) is 20.1. The average Bonchev–Trinajstić information content (AvgIpc) is 3.16. The van der Waals surface area contributed by atoms with Gasteiger partial charge in [-0.2, -0.15) is 0 Å². The molecule has 0 bridgehead atoms. The molecule has 0 aliphatic carbocycles. The van der Waals surface area contributed by atoms with E-state index in [1.165, 1.54) is 11.8 Å². The number of nitrogens with one attached hydrogen (secondary N) is 2. The molecule has 0 atom stereocenters. The summed E-state index contributed by atoms with van der Waals surface area (Å²) in [6.45, 7) is 8.57. The zero-order valence-electron chi connectivity index (χ0n) is 16.7. The van der Waals surface area contributed by atoms with Crippen molar-refractivity contribution in [2.24, 2.45) is 0 Å². The first-order chi connectivity index (χ1) is 13.5. The van der Waals surface area contributed by atoms with E-state index >= 15 is 0 Å². The fourth-order valence-corrected chi connectivity index (χ4v) is 3.64. The van der Waals surface area contributed by atoms with E-state index in [4.69, 9.17) is 0 Å². The van der Waals surface area contributed by atoms with Gasteiger partial charge in [0.1, 0.15) is 0 Å². The summed E-state index contributed by atoms with van der Waals surface area (Å²) < 4.78 is 0. The Morgan fingerprint density at radius 3 is 2.25 bits per heavy atom. The number of rotatable bonds is 7. The Morgan fingerprint density at radius 1 is 1.00 bits per heavy atom. The van der Waals surface area contributed by atoms with Crippen LogP contribution in [0, 0.1) is 0 Å². The van der Waals surface area contributed by atoms with Gasteiger partial charge in [-0.1, -0.05) is 88.0 Å². The largest absolute Gasteiger partial charge is 0.325 e. The lowest BCUT2D eigenvalue weighted by Gasteiger charge is -2.20. The van der Waals surface area contributed by atoms with Crippen LogP contribution in [0.5, 0.6) is 0 Å². The second-order valence-corrected chi connectivity index (χ2v) is 8.23. The molecule has 0 aliphatic heterocycles. The Bertz CT molecular complexity index is 908. The molecule has 0 saturated carbocycles. The van der Waals surface area contributed by atoms with E-state index in [0.717, 1.165) is 22.4 Å². The van der Waals surface area contributed by atoms with Crippen molar-refractivity contribution in [1.29, 1.82) is 0 Å². The van der Waals surface area contributed by atoms with Crippen molar-refractivity contribution >= 4 is 23.4 Å². The molecule has 1 aromatic heterocycles. The molecule has 0 aliphatic rings. The first-order valence-electron chi connectivity index (χ1n) is 9.49. The summed E-state index contributed by atoms with van der Waals surface area (Å²) in [4.78, 5) is 17.1. The van der Waals surface area contributed by atoms with E-state index in [1.807, 2.05) is 30.3 Å². The number of para-hydroxylation sites is 1. The summed E-state index contributed by atoms with van der Waals surface area (Å²) in [7, 11) is 0. The molecule has 28 heavy (non-hydrogen) atoms. The van der Waals surface area contributed by atoms with Crippen LogP contribution in [0.25, 0.3) is 11.4 Å². The second kappa shape index (κ2) is 9.06. The zero-order chi connectivity index (χ0) is 20.1. The highest BCUT2D eigenvalue weighted by Gasteiger charge is 2.16. The Balaban J connectivity index is 1.68. The van der Waals surface area contributed by atoms with Crippen LogP contribution < -0.4 is 5.32 Å². The fourth-order valence-electron chi connectivity index (χ4n) is 3.04. The molecule has 2 N–H and O–H groups in total. The monoisotopic (exact) mass is 394 g/mol. The topological polar surface area (TPSA) is 70.7 Å². The highest BCUT2D eigenvalue weighted by atomic mass is 32.2. The molecule has 1 heterocycles. The van der Waals surface area contributed by atoms with Gasteiger partial charge in [-0.3, -0.25) is 9.89 Å². The maximum atomic E-state index is 12.6. The van der Waals surface area contributed by atoms with Crippen molar-refractivity contribution in [3.05, 3.63) is 59.7 Å². The van der Waals surface area contributed by atoms with E-state index in [9.17, 15) is 4.79 Å². The lowest BCUT2D eigenvalue weighted by molar-refractivity contribution is -0.113. The number of hydrogen-bond donors (Lipinski definition) is 2. The van der Waals surface area contributed by atoms with Crippen molar-refractivity contribution < 1.29 is 4.79 Å². The Kier molecular flexibility index (Phi) is 6.52. The van der Waals surface area contributed by atoms with Crippen LogP contribution in [0.2, 0.25) is 0 Å². The number of thioether (sulfide) groups is 1. The molecule has 0 saturated heterocycles. The maximum Gasteiger partial charge on any atom is 0.234 e. The van der Waals surface area contributed by atoms with Gasteiger partial charge in [0, 0.05) is 11.3 Å². The number of aromatic nitrogens is 3. The third kappa shape index (κ3) is 4.81. The van der Waals surface area contributed by atoms with Gasteiger partial charge in [0.15, 0.2) is 5.82 Å². The Morgan fingerprint density at radius 2 is 1.64 bits per heavy atom. The minimum Gasteiger partial charge on any atom is -0.325 e. The molecule has 0 spiro atoms. The van der Waals surface area contributed by atoms with E-state index < -0.39 is 0 Å². The summed E-state index contributed by atoms with van der Waals surface area (Å²) in [5.74, 6) is 1.59. The van der Waals surface area contributed by atoms with Crippen molar-refractivity contribution in [3.63, 3.8) is 0 Å². The van der Waals surface area contributed by atoms with E-state index in [1.54, 1.807) is 0 Å². The smallest absolute Gasteiger partial charge is 0.234 e. The van der Waals surface area contributed by atoms with Crippen LogP contribution in [-0.2, 0) is 4.79 Å². The number of carbonyl (C=O) groups excluding carboxylic acids is 1. The minimum atomic E-state index is -0.0499. The first-order valence-corrected chi connectivity index (χ1v) is 10.5. The number of hydrogen-bond acceptors (Lipinski definition) is 4. The fraction of sp³-hybridized carbons (Fsp3) is 0.318. The molecule has 0 unspecified atom stereocenters. The summed E-state index contributed by atoms with van der Waals surface area (Å²) in [6.07, 6.45) is 0. The van der Waals surface area contributed by atoms with Gasteiger partial charge in [-0.15, -0.1) is 5.10 Å². The van der Waals surface area contributed by atoms with Crippen molar-refractivity contribution in [1.82, 2.24) is 15.2 Å². The Labute approximate surface area is 170 Å². The van der Waals surface area contributed by atoms with Crippen LogP contribution in [0.4, 0.5) is 5.69 Å². The molecule has 3 rings (SSSR count). The maximum absolute atomic E-state index is 12.6. The molecule has 5 nitrogen and oxygen atoms in total. The normalized spacial score (nSPS) is 11.2. The summed E-state index contributed by atoms with van der Waals surface area (Å²) in [5.41, 5.74) is 4.24. The summed E-state index contributed by atoms with van der Waals surface area (Å²) >= 11 is 1.33. The molecule has 0 radical (unpaired) electrons. The highest BCUT2D eigenvalue weighted by Crippen LogP contribution is 2.32. The van der Waals surface area contributed by atoms with Crippen molar-refractivity contribution in [2.75, 3.05) is 11.1 Å². The van der Waals surface area contributed by atoms with Crippen molar-refractivity contribution in [3.8, 4) is 11.4 Å². The molecule has 6 heteroatoms. The van der Waals surface area contributed by atoms with Gasteiger partial charge in [-0.05, 0) is 23.0 Å². The molecular formula is C22H26N4OS. The minimum absolute atomic E-state index is 0.0499. The Hall–Kier alpha value is -2.60. The molecule has 3 aromatic rings. The van der Waals surface area contributed by atoms with E-state index in [2.05, 4.69) is 66.4 Å². The summed E-state index contributed by atoms with van der Waals surface area (Å²) in [5, 5.41) is 10.8. The SMILES string of the molecule is CC(C)c1cccc(C(C)C)c1NC(=O)CSc1n[nH]c(-c2ccccc2)n1. The number of H-pyrrole nitrogens is 1. The van der Waals surface area contributed by atoms with E-state index in [-0.39, 0.29) is 11.7 Å². The number of nitrogens with zero attached hydrogens (tertiary/aromatic N) is 2. The number of anilines is 1. The quantitative estimate of drug-likeness (QED) is 0.523. The molecule has 2 aromatic carbocycles. The average molecular weight is 395 g/mol. The lowest BCUT2D eigenvalue weighted by atomic mass is 9.92. The van der Waals surface area contributed by atoms with Crippen LogP contribution >= 0.6 is 11.8 Å². The summed E-state index contributed by atoms with van der Waals surface area (Å²) in [6, 6.07) is 16.0. The van der Waals surface area contributed by atoms with Gasteiger partial charge >= 0.3 is 0 Å². The highest BCUT2D eigenvalue weighted by molar-refractivity contribution is 7.99. The predicted octanol–water partition coefficient (Wildman–Crippen LogP) is 5.45. The number of carbonyl (C=O) groups is 1. The van der Waals surface area contributed by atoms with Crippen LogP contribution in [-0.4, -0.2) is 26.8 Å².